The van der Waals surface area contributed by atoms with E-state index >= 15 is 0 Å². The summed E-state index contributed by atoms with van der Waals surface area (Å²) in [6.07, 6.45) is 0.190. The van der Waals surface area contributed by atoms with E-state index in [0.29, 0.717) is 17.9 Å². The molecule has 0 aliphatic carbocycles. The first-order valence-corrected chi connectivity index (χ1v) is 8.83. The predicted molar refractivity (Wildman–Crippen MR) is 106 cm³/mol. The molecule has 2 rings (SSSR count). The maximum absolute atomic E-state index is 12.2. The summed E-state index contributed by atoms with van der Waals surface area (Å²) in [6, 6.07) is 14.9. The molecule has 6 nitrogen and oxygen atoms in total. The zero-order valence-electron chi connectivity index (χ0n) is 15.9. The van der Waals surface area contributed by atoms with E-state index in [2.05, 4.69) is 10.6 Å². The van der Waals surface area contributed by atoms with E-state index in [1.165, 1.54) is 18.7 Å². The van der Waals surface area contributed by atoms with Crippen molar-refractivity contribution in [2.45, 2.75) is 33.7 Å². The zero-order chi connectivity index (χ0) is 19.8. The standard InChI is InChI=1S/C21H25N3O3/c1-15-6-4-7-18(12-15)14-22-21(27)10-11-24(17(3)26)20-9-5-8-19(13-20)23-16(2)25/h4-9,12-13H,10-11,14H2,1-3H3,(H,22,27)(H,23,25). The van der Waals surface area contributed by atoms with Crippen LogP contribution in [-0.4, -0.2) is 24.3 Å². The molecule has 0 heterocycles. The Balaban J connectivity index is 1.95. The van der Waals surface area contributed by atoms with Gasteiger partial charge in [0.05, 0.1) is 0 Å². The molecule has 0 atom stereocenters. The molecule has 0 spiro atoms. The van der Waals surface area contributed by atoms with Crippen molar-refractivity contribution in [3.63, 3.8) is 0 Å². The van der Waals surface area contributed by atoms with Gasteiger partial charge in [0.25, 0.3) is 0 Å². The van der Waals surface area contributed by atoms with Gasteiger partial charge in [0.15, 0.2) is 0 Å². The molecule has 3 amide bonds. The number of carbonyl (C=O) groups is 3. The topological polar surface area (TPSA) is 78.5 Å². The largest absolute Gasteiger partial charge is 0.352 e. The monoisotopic (exact) mass is 367 g/mol. The third-order valence-corrected chi connectivity index (χ3v) is 3.99. The molecule has 0 aliphatic rings. The van der Waals surface area contributed by atoms with Crippen LogP contribution in [0.15, 0.2) is 48.5 Å². The molecule has 0 saturated heterocycles. The quantitative estimate of drug-likeness (QED) is 0.790. The molecular weight excluding hydrogens is 342 g/mol. The van der Waals surface area contributed by atoms with Crippen LogP contribution in [0.3, 0.4) is 0 Å². The molecule has 27 heavy (non-hydrogen) atoms. The van der Waals surface area contributed by atoms with Gasteiger partial charge >= 0.3 is 0 Å². The fourth-order valence-electron chi connectivity index (χ4n) is 2.75. The average Bonchev–Trinajstić information content (AvgIpc) is 2.60. The molecule has 0 radical (unpaired) electrons. The molecule has 142 valence electrons. The number of hydrogen-bond donors (Lipinski definition) is 2. The van der Waals surface area contributed by atoms with E-state index in [0.717, 1.165) is 11.1 Å². The molecule has 2 aromatic rings. The van der Waals surface area contributed by atoms with E-state index in [-0.39, 0.29) is 30.7 Å². The van der Waals surface area contributed by atoms with Gasteiger partial charge in [0.1, 0.15) is 0 Å². The smallest absolute Gasteiger partial charge is 0.223 e. The minimum absolute atomic E-state index is 0.124. The second-order valence-electron chi connectivity index (χ2n) is 6.42. The first-order valence-electron chi connectivity index (χ1n) is 8.83. The van der Waals surface area contributed by atoms with Gasteiger partial charge in [-0.05, 0) is 30.7 Å². The molecule has 6 heteroatoms. The second-order valence-corrected chi connectivity index (χ2v) is 6.42. The lowest BCUT2D eigenvalue weighted by Crippen LogP contribution is -2.33. The van der Waals surface area contributed by atoms with Gasteiger partial charge in [0, 0.05) is 44.7 Å². The van der Waals surface area contributed by atoms with Crippen molar-refractivity contribution in [2.24, 2.45) is 0 Å². The fourth-order valence-corrected chi connectivity index (χ4v) is 2.75. The number of hydrogen-bond acceptors (Lipinski definition) is 3. The van der Waals surface area contributed by atoms with Crippen LogP contribution in [-0.2, 0) is 20.9 Å². The molecular formula is C21H25N3O3. The number of carbonyl (C=O) groups excluding carboxylic acids is 3. The van der Waals surface area contributed by atoms with Gasteiger partial charge < -0.3 is 15.5 Å². The van der Waals surface area contributed by atoms with Crippen molar-refractivity contribution < 1.29 is 14.4 Å². The van der Waals surface area contributed by atoms with Crippen LogP contribution in [0.25, 0.3) is 0 Å². The molecule has 0 fully saturated rings. The van der Waals surface area contributed by atoms with Gasteiger partial charge in [-0.25, -0.2) is 0 Å². The highest BCUT2D eigenvalue weighted by molar-refractivity contribution is 5.94. The van der Waals surface area contributed by atoms with E-state index in [1.54, 1.807) is 24.3 Å². The van der Waals surface area contributed by atoms with Crippen molar-refractivity contribution in [1.82, 2.24) is 5.32 Å². The van der Waals surface area contributed by atoms with Crippen LogP contribution in [0, 0.1) is 6.92 Å². The Morgan fingerprint density at radius 2 is 1.74 bits per heavy atom. The SMILES string of the molecule is CC(=O)Nc1cccc(N(CCC(=O)NCc2cccc(C)c2)C(C)=O)c1. The van der Waals surface area contributed by atoms with E-state index in [4.69, 9.17) is 0 Å². The Hall–Kier alpha value is -3.15. The predicted octanol–water partition coefficient (Wildman–Crippen LogP) is 3.01. The highest BCUT2D eigenvalue weighted by Crippen LogP contribution is 2.20. The maximum Gasteiger partial charge on any atom is 0.223 e. The zero-order valence-corrected chi connectivity index (χ0v) is 15.9. The number of aryl methyl sites for hydroxylation is 1. The summed E-state index contributed by atoms with van der Waals surface area (Å²) < 4.78 is 0. The van der Waals surface area contributed by atoms with Gasteiger partial charge in [-0.15, -0.1) is 0 Å². The molecule has 0 aromatic heterocycles. The summed E-state index contributed by atoms with van der Waals surface area (Å²) in [4.78, 5) is 36.9. The van der Waals surface area contributed by atoms with E-state index in [9.17, 15) is 14.4 Å². The van der Waals surface area contributed by atoms with Crippen LogP contribution in [0.2, 0.25) is 0 Å². The molecule has 0 aliphatic heterocycles. The second kappa shape index (κ2) is 9.52. The van der Waals surface area contributed by atoms with Gasteiger partial charge in [-0.3, -0.25) is 14.4 Å². The molecule has 2 aromatic carbocycles. The summed E-state index contributed by atoms with van der Waals surface area (Å²) in [6.45, 7) is 5.60. The van der Waals surface area contributed by atoms with Crippen molar-refractivity contribution in [2.75, 3.05) is 16.8 Å². The van der Waals surface area contributed by atoms with Crippen molar-refractivity contribution in [1.29, 1.82) is 0 Å². The van der Waals surface area contributed by atoms with Gasteiger partial charge in [-0.1, -0.05) is 35.9 Å². The molecule has 0 unspecified atom stereocenters. The Labute approximate surface area is 159 Å². The van der Waals surface area contributed by atoms with E-state index in [1.807, 2.05) is 31.2 Å². The lowest BCUT2D eigenvalue weighted by atomic mass is 10.1. The number of benzene rings is 2. The molecule has 0 saturated carbocycles. The van der Waals surface area contributed by atoms with Crippen molar-refractivity contribution >= 4 is 29.1 Å². The highest BCUT2D eigenvalue weighted by atomic mass is 16.2. The van der Waals surface area contributed by atoms with Crippen LogP contribution in [0.4, 0.5) is 11.4 Å². The maximum atomic E-state index is 12.2. The normalized spacial score (nSPS) is 10.2. The Kier molecular flexibility index (Phi) is 7.11. The third kappa shape index (κ3) is 6.58. The average molecular weight is 367 g/mol. The molecule has 2 N–H and O–H groups in total. The summed E-state index contributed by atoms with van der Waals surface area (Å²) in [5, 5.41) is 5.57. The van der Waals surface area contributed by atoms with Crippen LogP contribution >= 0.6 is 0 Å². The summed E-state index contributed by atoms with van der Waals surface area (Å²) in [5.41, 5.74) is 3.42. The fraction of sp³-hybridized carbons (Fsp3) is 0.286. The number of nitrogens with zero attached hydrogens (tertiary/aromatic N) is 1. The number of anilines is 2. The number of nitrogens with one attached hydrogen (secondary N) is 2. The number of amides is 3. The Bertz CT molecular complexity index is 833. The lowest BCUT2D eigenvalue weighted by molar-refractivity contribution is -0.121. The summed E-state index contributed by atoms with van der Waals surface area (Å²) in [5.74, 6) is -0.473. The first kappa shape index (κ1) is 20.2. The number of rotatable bonds is 7. The lowest BCUT2D eigenvalue weighted by Gasteiger charge is -2.21. The van der Waals surface area contributed by atoms with Gasteiger partial charge in [0.2, 0.25) is 17.7 Å². The Morgan fingerprint density at radius 3 is 2.41 bits per heavy atom. The van der Waals surface area contributed by atoms with E-state index < -0.39 is 0 Å². The van der Waals surface area contributed by atoms with Gasteiger partial charge in [-0.2, -0.15) is 0 Å². The minimum atomic E-state index is -0.183. The molecule has 0 bridgehead atoms. The van der Waals surface area contributed by atoms with Crippen LogP contribution in [0.5, 0.6) is 0 Å². The van der Waals surface area contributed by atoms with Crippen molar-refractivity contribution in [3.8, 4) is 0 Å². The van der Waals surface area contributed by atoms with Crippen LogP contribution in [0.1, 0.15) is 31.4 Å². The highest BCUT2D eigenvalue weighted by Gasteiger charge is 2.14. The summed E-state index contributed by atoms with van der Waals surface area (Å²) >= 11 is 0. The summed E-state index contributed by atoms with van der Waals surface area (Å²) in [7, 11) is 0. The minimum Gasteiger partial charge on any atom is -0.352 e. The Morgan fingerprint density at radius 1 is 1.00 bits per heavy atom. The first-order chi connectivity index (χ1) is 12.8. The third-order valence-electron chi connectivity index (χ3n) is 3.99. The van der Waals surface area contributed by atoms with Crippen molar-refractivity contribution in [3.05, 3.63) is 59.7 Å². The van der Waals surface area contributed by atoms with Crippen LogP contribution < -0.4 is 15.5 Å².